The molecular formula is C14H19NO5. The Hall–Kier alpha value is -2.08. The van der Waals surface area contributed by atoms with Gasteiger partial charge in [-0.3, -0.25) is 9.69 Å². The largest absolute Gasteiger partial charge is 0.465 e. The summed E-state index contributed by atoms with van der Waals surface area (Å²) in [5.41, 5.74) is 0.656. The van der Waals surface area contributed by atoms with Gasteiger partial charge in [-0.25, -0.2) is 4.79 Å². The number of carbonyl (C=O) groups is 2. The number of nitrogens with zero attached hydrogens (tertiary/aromatic N) is 1. The van der Waals surface area contributed by atoms with E-state index in [4.69, 9.17) is 9.15 Å². The maximum absolute atomic E-state index is 11.5. The summed E-state index contributed by atoms with van der Waals surface area (Å²) in [5.74, 6) is -0.720. The minimum Gasteiger partial charge on any atom is -0.465 e. The molecule has 0 aliphatic carbocycles. The van der Waals surface area contributed by atoms with Crippen LogP contribution in [-0.2, 0) is 20.8 Å². The van der Waals surface area contributed by atoms with Crippen molar-refractivity contribution in [1.82, 2.24) is 4.90 Å². The Morgan fingerprint density at radius 3 is 2.85 bits per heavy atom. The first kappa shape index (κ1) is 16.0. The fourth-order valence-electron chi connectivity index (χ4n) is 1.73. The Kier molecular flexibility index (Phi) is 6.52. The molecule has 1 rings (SSSR count). The summed E-state index contributed by atoms with van der Waals surface area (Å²) in [6.45, 7) is 6.71. The lowest BCUT2D eigenvalue weighted by molar-refractivity contribution is -0.144. The Morgan fingerprint density at radius 2 is 2.25 bits per heavy atom. The van der Waals surface area contributed by atoms with Crippen LogP contribution in [0.25, 0.3) is 0 Å². The van der Waals surface area contributed by atoms with E-state index >= 15 is 0 Å². The lowest BCUT2D eigenvalue weighted by atomic mass is 10.2. The molecule has 0 saturated carbocycles. The quantitative estimate of drug-likeness (QED) is 0.532. The molecule has 0 saturated heterocycles. The number of hydrogen-bond acceptors (Lipinski definition) is 6. The maximum Gasteiger partial charge on any atom is 0.374 e. The fraction of sp³-hybridized carbons (Fsp3) is 0.429. The molecule has 20 heavy (non-hydrogen) atoms. The first-order valence-electron chi connectivity index (χ1n) is 6.25. The van der Waals surface area contributed by atoms with E-state index in [0.717, 1.165) is 0 Å². The summed E-state index contributed by atoms with van der Waals surface area (Å²) in [6, 6.07) is 1.67. The molecule has 0 spiro atoms. The number of esters is 2. The Morgan fingerprint density at radius 1 is 1.50 bits per heavy atom. The third-order valence-corrected chi connectivity index (χ3v) is 2.56. The van der Waals surface area contributed by atoms with Gasteiger partial charge >= 0.3 is 11.9 Å². The molecule has 1 heterocycles. The summed E-state index contributed by atoms with van der Waals surface area (Å²) >= 11 is 0. The molecule has 0 N–H and O–H groups in total. The van der Waals surface area contributed by atoms with Gasteiger partial charge in [-0.1, -0.05) is 6.08 Å². The molecule has 0 amide bonds. The topological polar surface area (TPSA) is 69.0 Å². The molecule has 0 radical (unpaired) electrons. The molecule has 0 unspecified atom stereocenters. The van der Waals surface area contributed by atoms with Gasteiger partial charge in [-0.2, -0.15) is 0 Å². The fourth-order valence-corrected chi connectivity index (χ4v) is 1.73. The van der Waals surface area contributed by atoms with Crippen molar-refractivity contribution in [3.63, 3.8) is 0 Å². The Balaban J connectivity index is 2.75. The first-order valence-corrected chi connectivity index (χ1v) is 6.25. The molecule has 1 aromatic rings. The van der Waals surface area contributed by atoms with Crippen LogP contribution in [0.4, 0.5) is 0 Å². The Labute approximate surface area is 117 Å². The molecular weight excluding hydrogens is 262 g/mol. The van der Waals surface area contributed by atoms with Crippen LogP contribution >= 0.6 is 0 Å². The minimum absolute atomic E-state index is 0.117. The smallest absolute Gasteiger partial charge is 0.374 e. The average Bonchev–Trinajstić information content (AvgIpc) is 2.86. The zero-order valence-electron chi connectivity index (χ0n) is 11.8. The van der Waals surface area contributed by atoms with E-state index < -0.39 is 5.97 Å². The number of furan rings is 1. The van der Waals surface area contributed by atoms with Gasteiger partial charge in [0.25, 0.3) is 0 Å². The lowest BCUT2D eigenvalue weighted by Crippen LogP contribution is -2.31. The zero-order valence-corrected chi connectivity index (χ0v) is 11.8. The van der Waals surface area contributed by atoms with Crippen LogP contribution in [0.2, 0.25) is 0 Å². The van der Waals surface area contributed by atoms with E-state index in [2.05, 4.69) is 11.3 Å². The van der Waals surface area contributed by atoms with Gasteiger partial charge in [-0.15, -0.1) is 6.58 Å². The average molecular weight is 281 g/mol. The number of rotatable bonds is 8. The molecule has 0 aliphatic rings. The molecule has 0 atom stereocenters. The Bertz CT molecular complexity index is 466. The van der Waals surface area contributed by atoms with Gasteiger partial charge in [0.2, 0.25) is 5.76 Å². The molecule has 6 nitrogen and oxygen atoms in total. The number of ether oxygens (including phenoxy) is 2. The minimum atomic E-state index is -0.542. The standard InChI is InChI=1S/C14H19NO5/c1-4-7-15(10-12(16)19-5-2)9-11-6-8-20-13(11)14(17)18-3/h4,6,8H,1,5,7,9-10H2,2-3H3. The second-order valence-electron chi connectivity index (χ2n) is 4.03. The lowest BCUT2D eigenvalue weighted by Gasteiger charge is -2.19. The van der Waals surface area contributed by atoms with Gasteiger partial charge in [0, 0.05) is 18.7 Å². The molecule has 0 aliphatic heterocycles. The van der Waals surface area contributed by atoms with Crippen molar-refractivity contribution in [2.24, 2.45) is 0 Å². The molecule has 6 heteroatoms. The third kappa shape index (κ3) is 4.55. The van der Waals surface area contributed by atoms with E-state index in [0.29, 0.717) is 25.3 Å². The van der Waals surface area contributed by atoms with Gasteiger partial charge in [-0.05, 0) is 13.0 Å². The highest BCUT2D eigenvalue weighted by Crippen LogP contribution is 2.14. The van der Waals surface area contributed by atoms with Crippen molar-refractivity contribution < 1.29 is 23.5 Å². The normalized spacial score (nSPS) is 10.3. The van der Waals surface area contributed by atoms with Crippen LogP contribution in [-0.4, -0.2) is 43.6 Å². The second-order valence-corrected chi connectivity index (χ2v) is 4.03. The van der Waals surface area contributed by atoms with Crippen molar-refractivity contribution >= 4 is 11.9 Å². The summed E-state index contributed by atoms with van der Waals surface area (Å²) < 4.78 is 14.6. The SMILES string of the molecule is C=CCN(CC(=O)OCC)Cc1ccoc1C(=O)OC. The van der Waals surface area contributed by atoms with Crippen molar-refractivity contribution in [2.75, 3.05) is 26.8 Å². The van der Waals surface area contributed by atoms with E-state index in [9.17, 15) is 9.59 Å². The van der Waals surface area contributed by atoms with E-state index in [1.165, 1.54) is 13.4 Å². The molecule has 0 bridgehead atoms. The van der Waals surface area contributed by atoms with Crippen molar-refractivity contribution in [3.8, 4) is 0 Å². The summed E-state index contributed by atoms with van der Waals surface area (Å²) in [4.78, 5) is 24.8. The van der Waals surface area contributed by atoms with Gasteiger partial charge in [0.15, 0.2) is 0 Å². The highest BCUT2D eigenvalue weighted by molar-refractivity contribution is 5.87. The van der Waals surface area contributed by atoms with E-state index in [-0.39, 0.29) is 18.3 Å². The molecule has 0 aromatic carbocycles. The third-order valence-electron chi connectivity index (χ3n) is 2.56. The van der Waals surface area contributed by atoms with Crippen LogP contribution in [0.5, 0.6) is 0 Å². The van der Waals surface area contributed by atoms with Gasteiger partial charge in [0.1, 0.15) is 0 Å². The summed E-state index contributed by atoms with van der Waals surface area (Å²) in [7, 11) is 1.29. The number of methoxy groups -OCH3 is 1. The molecule has 110 valence electrons. The first-order chi connectivity index (χ1) is 9.62. The van der Waals surface area contributed by atoms with E-state index in [1.807, 2.05) is 0 Å². The van der Waals surface area contributed by atoms with Crippen LogP contribution in [0.15, 0.2) is 29.4 Å². The predicted molar refractivity (Wildman–Crippen MR) is 72.2 cm³/mol. The van der Waals surface area contributed by atoms with Crippen molar-refractivity contribution in [1.29, 1.82) is 0 Å². The van der Waals surface area contributed by atoms with Crippen LogP contribution in [0.1, 0.15) is 23.0 Å². The summed E-state index contributed by atoms with van der Waals surface area (Å²) in [5, 5.41) is 0. The van der Waals surface area contributed by atoms with Crippen molar-refractivity contribution in [2.45, 2.75) is 13.5 Å². The molecule has 0 fully saturated rings. The predicted octanol–water partition coefficient (Wildman–Crippen LogP) is 1.62. The zero-order chi connectivity index (χ0) is 15.0. The number of carbonyl (C=O) groups excluding carboxylic acids is 2. The van der Waals surface area contributed by atoms with Gasteiger partial charge in [0.05, 0.1) is 26.5 Å². The van der Waals surface area contributed by atoms with Crippen LogP contribution in [0, 0.1) is 0 Å². The second kappa shape index (κ2) is 8.16. The molecule has 1 aromatic heterocycles. The number of hydrogen-bond donors (Lipinski definition) is 0. The van der Waals surface area contributed by atoms with E-state index in [1.54, 1.807) is 24.0 Å². The van der Waals surface area contributed by atoms with Crippen LogP contribution in [0.3, 0.4) is 0 Å². The monoisotopic (exact) mass is 281 g/mol. The van der Waals surface area contributed by atoms with Crippen molar-refractivity contribution in [3.05, 3.63) is 36.3 Å². The highest BCUT2D eigenvalue weighted by Gasteiger charge is 2.19. The maximum atomic E-state index is 11.5. The van der Waals surface area contributed by atoms with Crippen LogP contribution < -0.4 is 0 Å². The summed E-state index contributed by atoms with van der Waals surface area (Å²) in [6.07, 6.45) is 3.09. The van der Waals surface area contributed by atoms with Gasteiger partial charge < -0.3 is 13.9 Å². The highest BCUT2D eigenvalue weighted by atomic mass is 16.5.